The summed E-state index contributed by atoms with van der Waals surface area (Å²) in [6.45, 7) is -0.123. The average Bonchev–Trinajstić information content (AvgIpc) is 1.37. The predicted octanol–water partition coefficient (Wildman–Crippen LogP) is 0.275. The molecule has 0 N–H and O–H groups in total. The zero-order valence-electron chi connectivity index (χ0n) is 2.37. The van der Waals surface area contributed by atoms with Crippen LogP contribution in [0.1, 0.15) is 0 Å². The third-order valence-electron chi connectivity index (χ3n) is 0.109. The van der Waals surface area contributed by atoms with Crippen molar-refractivity contribution in [1.82, 2.24) is 0 Å². The molecular weight excluding hydrogens is 162 g/mol. The number of hydrogen-bond donors (Lipinski definition) is 0. The Morgan fingerprint density at radius 1 is 1.75 bits per heavy atom. The van der Waals surface area contributed by atoms with Gasteiger partial charge in [-0.2, -0.15) is 0 Å². The fourth-order valence-electron chi connectivity index (χ4n) is 0. The Balaban J connectivity index is 1.97. The minimum absolute atomic E-state index is 0.123. The Bertz CT molecular complexity index is 8.00. The molecule has 0 saturated carbocycles. The summed E-state index contributed by atoms with van der Waals surface area (Å²) in [6, 6.07) is 0. The van der Waals surface area contributed by atoms with Crippen LogP contribution in [0.3, 0.4) is 0 Å². The third kappa shape index (κ3) is 2.73. The number of halogens is 1. The summed E-state index contributed by atoms with van der Waals surface area (Å²) >= 11 is 1.07. The molecule has 0 fully saturated rings. The van der Waals surface area contributed by atoms with Gasteiger partial charge < -0.3 is 0 Å². The summed E-state index contributed by atoms with van der Waals surface area (Å²) in [7, 11) is 0. The summed E-state index contributed by atoms with van der Waals surface area (Å²) in [4.78, 5) is 0. The molecule has 0 aromatic heterocycles. The fourth-order valence-corrected chi connectivity index (χ4v) is 0. The maximum atomic E-state index is 10.8. The molecule has 0 aromatic carbocycles. The van der Waals surface area contributed by atoms with E-state index in [9.17, 15) is 4.39 Å². The SMILES string of the molecule is FC[CH2][SnH]. The molecular formula is C2H5FSn. The second-order valence-electron chi connectivity index (χ2n) is 0.478. The molecule has 0 rings (SSSR count). The zero-order chi connectivity index (χ0) is 3.41. The van der Waals surface area contributed by atoms with Crippen molar-refractivity contribution >= 4 is 22.5 Å². The van der Waals surface area contributed by atoms with Gasteiger partial charge >= 0.3 is 38.0 Å². The molecule has 0 spiro atoms. The molecule has 2 radical (unpaired) electrons. The number of rotatable bonds is 1. The van der Waals surface area contributed by atoms with Crippen molar-refractivity contribution in [3.63, 3.8) is 0 Å². The van der Waals surface area contributed by atoms with Crippen molar-refractivity contribution in [1.29, 1.82) is 0 Å². The Hall–Kier alpha value is 0.729. The van der Waals surface area contributed by atoms with Gasteiger partial charge in [0.1, 0.15) is 0 Å². The van der Waals surface area contributed by atoms with E-state index in [-0.39, 0.29) is 6.67 Å². The van der Waals surface area contributed by atoms with Crippen molar-refractivity contribution in [2.24, 2.45) is 0 Å². The number of alkyl halides is 1. The minimum atomic E-state index is -0.123. The van der Waals surface area contributed by atoms with Gasteiger partial charge in [0.2, 0.25) is 0 Å². The Labute approximate surface area is 38.5 Å². The first kappa shape index (κ1) is 4.73. The van der Waals surface area contributed by atoms with Gasteiger partial charge in [0.05, 0.1) is 0 Å². The van der Waals surface area contributed by atoms with E-state index in [0.717, 1.165) is 27.0 Å². The van der Waals surface area contributed by atoms with E-state index in [1.807, 2.05) is 0 Å². The van der Waals surface area contributed by atoms with E-state index in [2.05, 4.69) is 0 Å². The molecule has 0 bridgehead atoms. The van der Waals surface area contributed by atoms with Crippen LogP contribution in [0.2, 0.25) is 4.44 Å². The molecule has 0 aromatic rings. The maximum absolute atomic E-state index is 10.8. The molecule has 0 heterocycles. The van der Waals surface area contributed by atoms with E-state index in [1.165, 1.54) is 0 Å². The van der Waals surface area contributed by atoms with E-state index in [1.54, 1.807) is 0 Å². The van der Waals surface area contributed by atoms with E-state index >= 15 is 0 Å². The van der Waals surface area contributed by atoms with Gasteiger partial charge in [0.15, 0.2) is 0 Å². The molecule has 4 heavy (non-hydrogen) atoms. The van der Waals surface area contributed by atoms with Crippen LogP contribution in [0.4, 0.5) is 4.39 Å². The number of hydrogen-bond acceptors (Lipinski definition) is 0. The topological polar surface area (TPSA) is 0 Å². The van der Waals surface area contributed by atoms with Crippen LogP contribution in [0.15, 0.2) is 0 Å². The molecule has 24 valence electrons. The summed E-state index contributed by atoms with van der Waals surface area (Å²) in [5.74, 6) is 0. The van der Waals surface area contributed by atoms with Gasteiger partial charge in [0, 0.05) is 0 Å². The molecule has 0 aliphatic rings. The van der Waals surface area contributed by atoms with Gasteiger partial charge in [-0.05, 0) is 0 Å². The summed E-state index contributed by atoms with van der Waals surface area (Å²) in [5.41, 5.74) is 0. The summed E-state index contributed by atoms with van der Waals surface area (Å²) in [5, 5.41) is 0. The molecule has 0 saturated heterocycles. The monoisotopic (exact) mass is 168 g/mol. The average molecular weight is 167 g/mol. The second-order valence-corrected chi connectivity index (χ2v) is 2.13. The fraction of sp³-hybridized carbons (Fsp3) is 1.00. The first-order valence-corrected chi connectivity index (χ1v) is 3.51. The predicted molar refractivity (Wildman–Crippen MR) is 17.9 cm³/mol. The van der Waals surface area contributed by atoms with Crippen molar-refractivity contribution in [3.05, 3.63) is 0 Å². The quantitative estimate of drug-likeness (QED) is 0.491. The summed E-state index contributed by atoms with van der Waals surface area (Å²) < 4.78 is 11.5. The molecule has 0 unspecified atom stereocenters. The van der Waals surface area contributed by atoms with Gasteiger partial charge in [-0.1, -0.05) is 0 Å². The second kappa shape index (κ2) is 3.73. The zero-order valence-corrected chi connectivity index (χ0v) is 5.67. The molecule has 2 heteroatoms. The molecule has 0 nitrogen and oxygen atoms in total. The van der Waals surface area contributed by atoms with Gasteiger partial charge in [0.25, 0.3) is 0 Å². The van der Waals surface area contributed by atoms with Crippen molar-refractivity contribution in [2.45, 2.75) is 4.44 Å². The molecule has 0 amide bonds. The van der Waals surface area contributed by atoms with Crippen molar-refractivity contribution in [3.8, 4) is 0 Å². The Morgan fingerprint density at radius 3 is 2.00 bits per heavy atom. The van der Waals surface area contributed by atoms with Crippen LogP contribution >= 0.6 is 0 Å². The third-order valence-corrected chi connectivity index (χ3v) is 0.732. The van der Waals surface area contributed by atoms with Crippen molar-refractivity contribution in [2.75, 3.05) is 6.67 Å². The van der Waals surface area contributed by atoms with E-state index in [4.69, 9.17) is 0 Å². The Kier molecular flexibility index (Phi) is 4.41. The van der Waals surface area contributed by atoms with Crippen LogP contribution in [-0.2, 0) is 0 Å². The van der Waals surface area contributed by atoms with Crippen LogP contribution in [0.5, 0.6) is 0 Å². The molecule has 0 aliphatic carbocycles. The van der Waals surface area contributed by atoms with Gasteiger partial charge in [-0.15, -0.1) is 0 Å². The van der Waals surface area contributed by atoms with Crippen LogP contribution < -0.4 is 0 Å². The van der Waals surface area contributed by atoms with E-state index < -0.39 is 0 Å². The summed E-state index contributed by atoms with van der Waals surface area (Å²) in [6.07, 6.45) is 0. The Morgan fingerprint density at radius 2 is 2.00 bits per heavy atom. The first-order valence-electron chi connectivity index (χ1n) is 1.18. The first-order chi connectivity index (χ1) is 1.91. The van der Waals surface area contributed by atoms with Crippen LogP contribution in [0.25, 0.3) is 0 Å². The standard InChI is InChI=1S/C2H4F.Sn.H/c1-2-3;;/h1-2H2;;. The van der Waals surface area contributed by atoms with Crippen LogP contribution in [0, 0.1) is 0 Å². The molecule has 0 atom stereocenters. The van der Waals surface area contributed by atoms with Gasteiger partial charge in [-0.25, -0.2) is 0 Å². The normalized spacial score (nSPS) is 7.50. The molecule has 0 aliphatic heterocycles. The van der Waals surface area contributed by atoms with Crippen LogP contribution in [-0.4, -0.2) is 29.2 Å². The van der Waals surface area contributed by atoms with E-state index in [0.29, 0.717) is 0 Å². The van der Waals surface area contributed by atoms with Gasteiger partial charge in [-0.3, -0.25) is 0 Å². The van der Waals surface area contributed by atoms with Crippen molar-refractivity contribution < 1.29 is 4.39 Å².